The molecule has 0 aliphatic carbocycles. The van der Waals surface area contributed by atoms with Crippen LogP contribution in [0.15, 0.2) is 18.2 Å². The highest BCUT2D eigenvalue weighted by Crippen LogP contribution is 2.24. The fourth-order valence-electron chi connectivity index (χ4n) is 1.84. The molecule has 0 saturated carbocycles. The molecule has 3 nitrogen and oxygen atoms in total. The third kappa shape index (κ3) is 2.16. The second-order valence-corrected chi connectivity index (χ2v) is 5.33. The lowest BCUT2D eigenvalue weighted by molar-refractivity contribution is 0.0530. The van der Waals surface area contributed by atoms with E-state index in [1.807, 2.05) is 23.1 Å². The van der Waals surface area contributed by atoms with Crippen molar-refractivity contribution in [2.45, 2.75) is 6.92 Å². The van der Waals surface area contributed by atoms with Crippen LogP contribution in [0, 0.1) is 9.49 Å². The molecule has 0 N–H and O–H groups in total. The predicted octanol–water partition coefficient (Wildman–Crippen LogP) is 2.39. The van der Waals surface area contributed by atoms with Crippen molar-refractivity contribution in [1.29, 1.82) is 0 Å². The van der Waals surface area contributed by atoms with Crippen LogP contribution in [0.5, 0.6) is 5.75 Å². The van der Waals surface area contributed by atoms with Gasteiger partial charge in [0, 0.05) is 18.7 Å². The highest BCUT2D eigenvalue weighted by Gasteiger charge is 2.28. The summed E-state index contributed by atoms with van der Waals surface area (Å²) in [7, 11) is 1.62. The highest BCUT2D eigenvalue weighted by molar-refractivity contribution is 14.1. The van der Waals surface area contributed by atoms with Crippen LogP contribution in [-0.2, 0) is 0 Å². The van der Waals surface area contributed by atoms with E-state index in [1.165, 1.54) is 0 Å². The summed E-state index contributed by atoms with van der Waals surface area (Å²) in [6, 6.07) is 5.58. The molecule has 0 atom stereocenters. The van der Waals surface area contributed by atoms with Crippen LogP contribution in [-0.4, -0.2) is 31.0 Å². The summed E-state index contributed by atoms with van der Waals surface area (Å²) in [4.78, 5) is 13.9. The summed E-state index contributed by atoms with van der Waals surface area (Å²) in [6.07, 6.45) is 0. The first-order chi connectivity index (χ1) is 7.61. The molecule has 1 heterocycles. The van der Waals surface area contributed by atoms with Crippen LogP contribution in [0.4, 0.5) is 0 Å². The van der Waals surface area contributed by atoms with Crippen molar-refractivity contribution in [2.75, 3.05) is 20.2 Å². The molecule has 1 fully saturated rings. The predicted molar refractivity (Wildman–Crippen MR) is 70.8 cm³/mol. The van der Waals surface area contributed by atoms with Crippen molar-refractivity contribution in [3.8, 4) is 5.75 Å². The van der Waals surface area contributed by atoms with Gasteiger partial charge < -0.3 is 9.64 Å². The normalized spacial score (nSPS) is 15.8. The average Bonchev–Trinajstić information content (AvgIpc) is 2.24. The van der Waals surface area contributed by atoms with E-state index in [9.17, 15) is 4.79 Å². The van der Waals surface area contributed by atoms with E-state index in [0.29, 0.717) is 11.5 Å². The standard InChI is InChI=1S/C12H14INO2/c1-8-6-14(7-8)12(15)9-3-4-10(13)11(5-9)16-2/h3-5,8H,6-7H2,1-2H3. The van der Waals surface area contributed by atoms with Crippen molar-refractivity contribution in [2.24, 2.45) is 5.92 Å². The van der Waals surface area contributed by atoms with Crippen molar-refractivity contribution < 1.29 is 9.53 Å². The number of methoxy groups -OCH3 is 1. The van der Waals surface area contributed by atoms with Gasteiger partial charge in [0.2, 0.25) is 0 Å². The molecule has 1 aliphatic heterocycles. The van der Waals surface area contributed by atoms with Crippen molar-refractivity contribution in [3.63, 3.8) is 0 Å². The van der Waals surface area contributed by atoms with E-state index in [-0.39, 0.29) is 5.91 Å². The van der Waals surface area contributed by atoms with E-state index in [1.54, 1.807) is 7.11 Å². The monoisotopic (exact) mass is 331 g/mol. The summed E-state index contributed by atoms with van der Waals surface area (Å²) in [5.41, 5.74) is 0.712. The molecule has 0 aromatic heterocycles. The van der Waals surface area contributed by atoms with Crippen LogP contribution in [0.3, 0.4) is 0 Å². The first-order valence-corrected chi connectivity index (χ1v) is 6.32. The lowest BCUT2D eigenvalue weighted by atomic mass is 10.0. The van der Waals surface area contributed by atoms with Gasteiger partial charge in [0.05, 0.1) is 10.7 Å². The molecule has 1 aromatic rings. The number of ether oxygens (including phenoxy) is 1. The number of likely N-dealkylation sites (tertiary alicyclic amines) is 1. The van der Waals surface area contributed by atoms with E-state index >= 15 is 0 Å². The number of nitrogens with zero attached hydrogens (tertiary/aromatic N) is 1. The Labute approximate surface area is 109 Å². The number of amides is 1. The minimum absolute atomic E-state index is 0.104. The Morgan fingerprint density at radius 2 is 2.19 bits per heavy atom. The third-order valence-electron chi connectivity index (χ3n) is 2.75. The van der Waals surface area contributed by atoms with Crippen LogP contribution >= 0.6 is 22.6 Å². The minimum Gasteiger partial charge on any atom is -0.496 e. The second kappa shape index (κ2) is 4.61. The number of hydrogen-bond donors (Lipinski definition) is 0. The molecule has 1 aromatic carbocycles. The molecule has 1 amide bonds. The number of halogens is 1. The first kappa shape index (κ1) is 11.7. The number of carbonyl (C=O) groups is 1. The number of hydrogen-bond acceptors (Lipinski definition) is 2. The van der Waals surface area contributed by atoms with E-state index in [4.69, 9.17) is 4.74 Å². The Morgan fingerprint density at radius 3 is 2.75 bits per heavy atom. The van der Waals surface area contributed by atoms with Gasteiger partial charge in [0.1, 0.15) is 5.75 Å². The summed E-state index contributed by atoms with van der Waals surface area (Å²) >= 11 is 2.19. The Hall–Kier alpha value is -0.780. The van der Waals surface area contributed by atoms with E-state index < -0.39 is 0 Å². The SMILES string of the molecule is COc1cc(C(=O)N2CC(C)C2)ccc1I. The Kier molecular flexibility index (Phi) is 3.37. The van der Waals surface area contributed by atoms with Crippen LogP contribution in [0.2, 0.25) is 0 Å². The molecule has 0 bridgehead atoms. The Balaban J connectivity index is 2.17. The maximum Gasteiger partial charge on any atom is 0.254 e. The zero-order valence-corrected chi connectivity index (χ0v) is 11.5. The van der Waals surface area contributed by atoms with Gasteiger partial charge in [0.15, 0.2) is 0 Å². The van der Waals surface area contributed by atoms with Gasteiger partial charge in [-0.05, 0) is 46.7 Å². The minimum atomic E-state index is 0.104. The number of carbonyl (C=O) groups excluding carboxylic acids is 1. The molecular weight excluding hydrogens is 317 g/mol. The van der Waals surface area contributed by atoms with Gasteiger partial charge in [-0.1, -0.05) is 6.92 Å². The van der Waals surface area contributed by atoms with E-state index in [2.05, 4.69) is 29.5 Å². The molecule has 16 heavy (non-hydrogen) atoms. The van der Waals surface area contributed by atoms with Crippen molar-refractivity contribution >= 4 is 28.5 Å². The molecular formula is C12H14INO2. The molecule has 2 rings (SSSR count). The Morgan fingerprint density at radius 1 is 1.50 bits per heavy atom. The number of benzene rings is 1. The van der Waals surface area contributed by atoms with Crippen LogP contribution < -0.4 is 4.74 Å². The lowest BCUT2D eigenvalue weighted by Crippen LogP contribution is -2.48. The second-order valence-electron chi connectivity index (χ2n) is 4.16. The smallest absolute Gasteiger partial charge is 0.254 e. The zero-order valence-electron chi connectivity index (χ0n) is 9.37. The largest absolute Gasteiger partial charge is 0.496 e. The summed E-state index contributed by atoms with van der Waals surface area (Å²) in [6.45, 7) is 3.89. The third-order valence-corrected chi connectivity index (χ3v) is 3.64. The van der Waals surface area contributed by atoms with Crippen molar-refractivity contribution in [3.05, 3.63) is 27.3 Å². The summed E-state index contributed by atoms with van der Waals surface area (Å²) in [5.74, 6) is 1.50. The first-order valence-electron chi connectivity index (χ1n) is 5.24. The quantitative estimate of drug-likeness (QED) is 0.779. The molecule has 4 heteroatoms. The molecule has 0 unspecified atom stereocenters. The van der Waals surface area contributed by atoms with Gasteiger partial charge in [-0.25, -0.2) is 0 Å². The fourth-order valence-corrected chi connectivity index (χ4v) is 2.40. The van der Waals surface area contributed by atoms with Crippen LogP contribution in [0.25, 0.3) is 0 Å². The van der Waals surface area contributed by atoms with E-state index in [0.717, 1.165) is 22.4 Å². The maximum absolute atomic E-state index is 12.0. The molecule has 1 saturated heterocycles. The van der Waals surface area contributed by atoms with Gasteiger partial charge in [-0.15, -0.1) is 0 Å². The van der Waals surface area contributed by atoms with Crippen molar-refractivity contribution in [1.82, 2.24) is 4.90 Å². The lowest BCUT2D eigenvalue weighted by Gasteiger charge is -2.37. The Bertz CT molecular complexity index is 413. The summed E-state index contributed by atoms with van der Waals surface area (Å²) < 4.78 is 6.23. The highest BCUT2D eigenvalue weighted by atomic mass is 127. The van der Waals surface area contributed by atoms with Gasteiger partial charge in [-0.2, -0.15) is 0 Å². The molecule has 0 spiro atoms. The maximum atomic E-state index is 12.0. The van der Waals surface area contributed by atoms with Crippen LogP contribution in [0.1, 0.15) is 17.3 Å². The number of rotatable bonds is 2. The molecule has 1 aliphatic rings. The van der Waals surface area contributed by atoms with Gasteiger partial charge in [0.25, 0.3) is 5.91 Å². The average molecular weight is 331 g/mol. The van der Waals surface area contributed by atoms with Gasteiger partial charge >= 0.3 is 0 Å². The van der Waals surface area contributed by atoms with Gasteiger partial charge in [-0.3, -0.25) is 4.79 Å². The molecule has 86 valence electrons. The topological polar surface area (TPSA) is 29.5 Å². The zero-order chi connectivity index (χ0) is 11.7. The fraction of sp³-hybridized carbons (Fsp3) is 0.417. The summed E-state index contributed by atoms with van der Waals surface area (Å²) in [5, 5.41) is 0. The molecule has 0 radical (unpaired) electrons.